The number of hydrogen-bond donors (Lipinski definition) is 2. The van der Waals surface area contributed by atoms with E-state index in [1.807, 2.05) is 50.2 Å². The number of benzene rings is 2. The quantitative estimate of drug-likeness (QED) is 0.803. The summed E-state index contributed by atoms with van der Waals surface area (Å²) in [4.78, 5) is 12.1. The summed E-state index contributed by atoms with van der Waals surface area (Å²) in [6, 6.07) is 15.2. The van der Waals surface area contributed by atoms with Crippen molar-refractivity contribution in [2.24, 2.45) is 0 Å². The molecule has 1 amide bonds. The molecule has 0 aliphatic heterocycles. The summed E-state index contributed by atoms with van der Waals surface area (Å²) in [6.07, 6.45) is 0. The van der Waals surface area contributed by atoms with Crippen molar-refractivity contribution in [1.29, 1.82) is 0 Å². The van der Waals surface area contributed by atoms with Crippen LogP contribution in [0, 0.1) is 0 Å². The summed E-state index contributed by atoms with van der Waals surface area (Å²) in [5.41, 5.74) is 2.00. The van der Waals surface area contributed by atoms with Crippen LogP contribution in [0.1, 0.15) is 37.1 Å². The Kier molecular flexibility index (Phi) is 6.46. The lowest BCUT2D eigenvalue weighted by atomic mass is 10.1. The second-order valence-electron chi connectivity index (χ2n) is 5.47. The Bertz CT molecular complexity index is 661. The normalized spacial score (nSPS) is 13.4. The van der Waals surface area contributed by atoms with Gasteiger partial charge in [0.2, 0.25) is 5.91 Å². The van der Waals surface area contributed by atoms with Gasteiger partial charge in [0.1, 0.15) is 0 Å². The van der Waals surface area contributed by atoms with Gasteiger partial charge in [-0.15, -0.1) is 0 Å². The summed E-state index contributed by atoms with van der Waals surface area (Å²) in [6.45, 7) is 4.15. The Balaban J connectivity index is 1.86. The number of amides is 1. The largest absolute Gasteiger partial charge is 0.348 e. The van der Waals surface area contributed by atoms with Gasteiger partial charge < -0.3 is 10.6 Å². The van der Waals surface area contributed by atoms with E-state index in [1.54, 1.807) is 12.1 Å². The van der Waals surface area contributed by atoms with Gasteiger partial charge in [-0.1, -0.05) is 59.6 Å². The fourth-order valence-electron chi connectivity index (χ4n) is 2.33. The van der Waals surface area contributed by atoms with Crippen LogP contribution in [-0.2, 0) is 4.79 Å². The van der Waals surface area contributed by atoms with Crippen LogP contribution >= 0.6 is 23.2 Å². The van der Waals surface area contributed by atoms with Gasteiger partial charge in [0.15, 0.2) is 0 Å². The SMILES string of the molecule is C[C@H](NC(=O)CN[C@@H](C)c1ccc(Cl)cc1Cl)c1ccccc1. The molecule has 0 aromatic heterocycles. The molecule has 2 N–H and O–H groups in total. The van der Waals surface area contributed by atoms with Crippen molar-refractivity contribution in [2.75, 3.05) is 6.54 Å². The minimum absolute atomic E-state index is 0.0278. The highest BCUT2D eigenvalue weighted by atomic mass is 35.5. The predicted octanol–water partition coefficient (Wildman–Crippen LogP) is 4.52. The second kappa shape index (κ2) is 8.34. The molecule has 0 radical (unpaired) electrons. The van der Waals surface area contributed by atoms with Crippen molar-refractivity contribution < 1.29 is 4.79 Å². The first-order valence-corrected chi connectivity index (χ1v) is 8.25. The highest BCUT2D eigenvalue weighted by molar-refractivity contribution is 6.35. The van der Waals surface area contributed by atoms with Crippen molar-refractivity contribution in [1.82, 2.24) is 10.6 Å². The Morgan fingerprint density at radius 1 is 1.04 bits per heavy atom. The van der Waals surface area contributed by atoms with E-state index >= 15 is 0 Å². The lowest BCUT2D eigenvalue weighted by Gasteiger charge is -2.18. The smallest absolute Gasteiger partial charge is 0.234 e. The van der Waals surface area contributed by atoms with Gasteiger partial charge in [0, 0.05) is 16.1 Å². The van der Waals surface area contributed by atoms with E-state index in [2.05, 4.69) is 10.6 Å². The van der Waals surface area contributed by atoms with Crippen LogP contribution < -0.4 is 10.6 Å². The first kappa shape index (κ1) is 17.8. The maximum Gasteiger partial charge on any atom is 0.234 e. The van der Waals surface area contributed by atoms with Gasteiger partial charge in [-0.25, -0.2) is 0 Å². The standard InChI is InChI=1S/C18H20Cl2N2O/c1-12(14-6-4-3-5-7-14)22-18(23)11-21-13(2)16-9-8-15(19)10-17(16)20/h3-10,12-13,21H,11H2,1-2H3,(H,22,23)/t12-,13-/m0/s1. The molecular formula is C18H20Cl2N2O. The number of carbonyl (C=O) groups is 1. The molecular weight excluding hydrogens is 331 g/mol. The van der Waals surface area contributed by atoms with E-state index in [0.717, 1.165) is 11.1 Å². The summed E-state index contributed by atoms with van der Waals surface area (Å²) in [5.74, 6) is -0.0571. The van der Waals surface area contributed by atoms with E-state index in [-0.39, 0.29) is 24.5 Å². The van der Waals surface area contributed by atoms with E-state index in [4.69, 9.17) is 23.2 Å². The zero-order valence-corrected chi connectivity index (χ0v) is 14.7. The van der Waals surface area contributed by atoms with Crippen LogP contribution in [0.5, 0.6) is 0 Å². The molecule has 122 valence electrons. The van der Waals surface area contributed by atoms with Crippen molar-refractivity contribution in [2.45, 2.75) is 25.9 Å². The molecule has 2 atom stereocenters. The highest BCUT2D eigenvalue weighted by Gasteiger charge is 2.13. The molecule has 0 saturated heterocycles. The summed E-state index contributed by atoms with van der Waals surface area (Å²) in [7, 11) is 0. The molecule has 3 nitrogen and oxygen atoms in total. The minimum atomic E-state index is -0.0571. The van der Waals surface area contributed by atoms with E-state index < -0.39 is 0 Å². The third-order valence-corrected chi connectivity index (χ3v) is 4.24. The molecule has 2 aromatic rings. The van der Waals surface area contributed by atoms with Gasteiger partial charge in [-0.05, 0) is 37.1 Å². The molecule has 0 saturated carbocycles. The van der Waals surface area contributed by atoms with Gasteiger partial charge in [-0.2, -0.15) is 0 Å². The van der Waals surface area contributed by atoms with Crippen molar-refractivity contribution in [3.05, 3.63) is 69.7 Å². The zero-order chi connectivity index (χ0) is 16.8. The minimum Gasteiger partial charge on any atom is -0.348 e. The Morgan fingerprint density at radius 2 is 1.74 bits per heavy atom. The van der Waals surface area contributed by atoms with Crippen LogP contribution in [-0.4, -0.2) is 12.5 Å². The zero-order valence-electron chi connectivity index (χ0n) is 13.1. The summed E-state index contributed by atoms with van der Waals surface area (Å²) >= 11 is 12.1. The number of nitrogens with one attached hydrogen (secondary N) is 2. The van der Waals surface area contributed by atoms with Gasteiger partial charge in [0.25, 0.3) is 0 Å². The molecule has 2 aromatic carbocycles. The van der Waals surface area contributed by atoms with Crippen LogP contribution in [0.15, 0.2) is 48.5 Å². The lowest BCUT2D eigenvalue weighted by Crippen LogP contribution is -2.36. The Morgan fingerprint density at radius 3 is 2.39 bits per heavy atom. The van der Waals surface area contributed by atoms with Crippen molar-refractivity contribution >= 4 is 29.1 Å². The Labute approximate surface area is 147 Å². The molecule has 5 heteroatoms. The number of rotatable bonds is 6. The third kappa shape index (κ3) is 5.24. The molecule has 0 heterocycles. The Hall–Kier alpha value is -1.55. The van der Waals surface area contributed by atoms with Crippen LogP contribution in [0.3, 0.4) is 0 Å². The highest BCUT2D eigenvalue weighted by Crippen LogP contribution is 2.25. The van der Waals surface area contributed by atoms with E-state index in [0.29, 0.717) is 10.0 Å². The second-order valence-corrected chi connectivity index (χ2v) is 6.31. The monoisotopic (exact) mass is 350 g/mol. The predicted molar refractivity (Wildman–Crippen MR) is 95.9 cm³/mol. The molecule has 0 spiro atoms. The van der Waals surface area contributed by atoms with Gasteiger partial charge in [0.05, 0.1) is 12.6 Å². The van der Waals surface area contributed by atoms with E-state index in [1.165, 1.54) is 0 Å². The van der Waals surface area contributed by atoms with E-state index in [9.17, 15) is 4.79 Å². The topological polar surface area (TPSA) is 41.1 Å². The van der Waals surface area contributed by atoms with Crippen LogP contribution in [0.4, 0.5) is 0 Å². The fraction of sp³-hybridized carbons (Fsp3) is 0.278. The maximum atomic E-state index is 12.1. The number of carbonyl (C=O) groups excluding carboxylic acids is 1. The van der Waals surface area contributed by atoms with Gasteiger partial charge in [-0.3, -0.25) is 4.79 Å². The number of hydrogen-bond acceptors (Lipinski definition) is 2. The van der Waals surface area contributed by atoms with Crippen molar-refractivity contribution in [3.63, 3.8) is 0 Å². The molecule has 2 rings (SSSR count). The average Bonchev–Trinajstić information content (AvgIpc) is 2.53. The van der Waals surface area contributed by atoms with Crippen molar-refractivity contribution in [3.8, 4) is 0 Å². The molecule has 0 aliphatic carbocycles. The number of halogens is 2. The average molecular weight is 351 g/mol. The first-order valence-electron chi connectivity index (χ1n) is 7.50. The summed E-state index contributed by atoms with van der Waals surface area (Å²) < 4.78 is 0. The van der Waals surface area contributed by atoms with Crippen LogP contribution in [0.25, 0.3) is 0 Å². The fourth-order valence-corrected chi connectivity index (χ4v) is 2.90. The third-order valence-electron chi connectivity index (χ3n) is 3.67. The summed E-state index contributed by atoms with van der Waals surface area (Å²) in [5, 5.41) is 7.34. The molecule has 0 aliphatic rings. The molecule has 23 heavy (non-hydrogen) atoms. The molecule has 0 bridgehead atoms. The van der Waals surface area contributed by atoms with Crippen LogP contribution in [0.2, 0.25) is 10.0 Å². The van der Waals surface area contributed by atoms with Gasteiger partial charge >= 0.3 is 0 Å². The molecule has 0 unspecified atom stereocenters. The lowest BCUT2D eigenvalue weighted by molar-refractivity contribution is -0.121. The first-order chi connectivity index (χ1) is 11.0. The molecule has 0 fully saturated rings. The maximum absolute atomic E-state index is 12.1.